The van der Waals surface area contributed by atoms with E-state index in [1.54, 1.807) is 34.7 Å². The topological polar surface area (TPSA) is 69.6 Å². The van der Waals surface area contributed by atoms with E-state index in [2.05, 4.69) is 10.2 Å². The van der Waals surface area contributed by atoms with Crippen molar-refractivity contribution in [2.24, 2.45) is 0 Å². The summed E-state index contributed by atoms with van der Waals surface area (Å²) in [7, 11) is 1.31. The number of ether oxygens (including phenoxy) is 1. The Labute approximate surface area is 112 Å². The van der Waals surface area contributed by atoms with Gasteiger partial charge in [-0.3, -0.25) is 4.40 Å². The monoisotopic (exact) mass is 277 g/mol. The molecule has 0 fully saturated rings. The summed E-state index contributed by atoms with van der Waals surface area (Å²) in [6.07, 6.45) is 0. The lowest BCUT2D eigenvalue weighted by atomic mass is 10.3. The highest BCUT2D eigenvalue weighted by Crippen LogP contribution is 2.24. The first-order valence-corrected chi connectivity index (χ1v) is 5.76. The number of pyridine rings is 1. The SMILES string of the molecule is COC(=O)c1cccc2nnc(-c3ccc(Cl)o3)n12. The minimum absolute atomic E-state index is 0.238. The number of furan rings is 1. The van der Waals surface area contributed by atoms with Gasteiger partial charge in [0, 0.05) is 0 Å². The van der Waals surface area contributed by atoms with Gasteiger partial charge in [0.1, 0.15) is 5.69 Å². The third-order valence-electron chi connectivity index (χ3n) is 2.62. The van der Waals surface area contributed by atoms with Gasteiger partial charge in [0.25, 0.3) is 0 Å². The molecule has 0 saturated carbocycles. The number of aromatic nitrogens is 3. The molecule has 3 aromatic rings. The van der Waals surface area contributed by atoms with E-state index < -0.39 is 5.97 Å². The third-order valence-corrected chi connectivity index (χ3v) is 2.82. The van der Waals surface area contributed by atoms with Crippen LogP contribution in [0.5, 0.6) is 0 Å². The van der Waals surface area contributed by atoms with Gasteiger partial charge in [-0.25, -0.2) is 4.79 Å². The van der Waals surface area contributed by atoms with E-state index in [0.717, 1.165) is 0 Å². The Kier molecular flexibility index (Phi) is 2.72. The number of hydrogen-bond donors (Lipinski definition) is 0. The summed E-state index contributed by atoms with van der Waals surface area (Å²) in [6, 6.07) is 8.31. The maximum Gasteiger partial charge on any atom is 0.355 e. The van der Waals surface area contributed by atoms with Gasteiger partial charge < -0.3 is 9.15 Å². The van der Waals surface area contributed by atoms with Gasteiger partial charge in [0.2, 0.25) is 5.82 Å². The average molecular weight is 278 g/mol. The number of rotatable bonds is 2. The van der Waals surface area contributed by atoms with Crippen molar-refractivity contribution in [2.75, 3.05) is 7.11 Å². The molecule has 6 nitrogen and oxygen atoms in total. The van der Waals surface area contributed by atoms with E-state index in [9.17, 15) is 4.79 Å². The molecule has 0 unspecified atom stereocenters. The normalized spacial score (nSPS) is 10.8. The molecule has 0 amide bonds. The van der Waals surface area contributed by atoms with Crippen LogP contribution in [0.1, 0.15) is 10.5 Å². The van der Waals surface area contributed by atoms with Crippen LogP contribution in [0.15, 0.2) is 34.7 Å². The van der Waals surface area contributed by atoms with Crippen molar-refractivity contribution < 1.29 is 13.9 Å². The molecule has 96 valence electrons. The molecule has 0 atom stereocenters. The quantitative estimate of drug-likeness (QED) is 0.673. The predicted octanol–water partition coefficient (Wildman–Crippen LogP) is 2.43. The van der Waals surface area contributed by atoms with E-state index in [-0.39, 0.29) is 5.22 Å². The van der Waals surface area contributed by atoms with Crippen molar-refractivity contribution in [3.63, 3.8) is 0 Å². The second-order valence-electron chi connectivity index (χ2n) is 3.72. The molecule has 3 rings (SSSR count). The summed E-state index contributed by atoms with van der Waals surface area (Å²) >= 11 is 5.74. The first-order chi connectivity index (χ1) is 9.20. The second-order valence-corrected chi connectivity index (χ2v) is 4.10. The van der Waals surface area contributed by atoms with Crippen LogP contribution in [0.4, 0.5) is 0 Å². The first kappa shape index (κ1) is 11.7. The molecular weight excluding hydrogens is 270 g/mol. The molecule has 0 spiro atoms. The van der Waals surface area contributed by atoms with Gasteiger partial charge in [-0.05, 0) is 35.9 Å². The molecule has 3 aromatic heterocycles. The van der Waals surface area contributed by atoms with Gasteiger partial charge in [-0.1, -0.05) is 6.07 Å². The fraction of sp³-hybridized carbons (Fsp3) is 0.0833. The van der Waals surface area contributed by atoms with Crippen LogP contribution < -0.4 is 0 Å². The largest absolute Gasteiger partial charge is 0.464 e. The van der Waals surface area contributed by atoms with E-state index >= 15 is 0 Å². The Morgan fingerprint density at radius 1 is 1.32 bits per heavy atom. The second kappa shape index (κ2) is 4.40. The van der Waals surface area contributed by atoms with E-state index in [4.69, 9.17) is 20.8 Å². The van der Waals surface area contributed by atoms with Crippen LogP contribution in [-0.4, -0.2) is 27.7 Å². The number of esters is 1. The molecule has 7 heteroatoms. The number of halogens is 1. The molecule has 19 heavy (non-hydrogen) atoms. The average Bonchev–Trinajstić information content (AvgIpc) is 3.03. The Morgan fingerprint density at radius 2 is 2.16 bits per heavy atom. The van der Waals surface area contributed by atoms with Crippen molar-refractivity contribution in [3.8, 4) is 11.6 Å². The molecule has 3 heterocycles. The van der Waals surface area contributed by atoms with Gasteiger partial charge in [-0.15, -0.1) is 10.2 Å². The van der Waals surface area contributed by atoms with E-state index in [1.165, 1.54) is 7.11 Å². The molecule has 0 aromatic carbocycles. The van der Waals surface area contributed by atoms with E-state index in [0.29, 0.717) is 22.9 Å². The van der Waals surface area contributed by atoms with Gasteiger partial charge in [0.15, 0.2) is 16.6 Å². The molecule has 0 radical (unpaired) electrons. The minimum atomic E-state index is -0.482. The molecule has 0 N–H and O–H groups in total. The van der Waals surface area contributed by atoms with Crippen LogP contribution in [0.3, 0.4) is 0 Å². The number of carbonyl (C=O) groups is 1. The zero-order valence-electron chi connectivity index (χ0n) is 9.83. The molecule has 0 bridgehead atoms. The summed E-state index contributed by atoms with van der Waals surface area (Å²) in [6.45, 7) is 0. The Balaban J connectivity index is 2.29. The third kappa shape index (κ3) is 1.86. The number of fused-ring (bicyclic) bond motifs is 1. The Hall–Kier alpha value is -2.34. The smallest absolute Gasteiger partial charge is 0.355 e. The first-order valence-electron chi connectivity index (χ1n) is 5.39. The van der Waals surface area contributed by atoms with Crippen LogP contribution in [0.25, 0.3) is 17.2 Å². The maximum atomic E-state index is 11.8. The summed E-state index contributed by atoms with van der Waals surface area (Å²) in [5.74, 6) is 0.334. The lowest BCUT2D eigenvalue weighted by Gasteiger charge is -2.04. The highest BCUT2D eigenvalue weighted by molar-refractivity contribution is 6.28. The fourth-order valence-electron chi connectivity index (χ4n) is 1.80. The highest BCUT2D eigenvalue weighted by Gasteiger charge is 2.18. The fourth-order valence-corrected chi connectivity index (χ4v) is 1.95. The predicted molar refractivity (Wildman–Crippen MR) is 67.0 cm³/mol. The van der Waals surface area contributed by atoms with Crippen LogP contribution in [0.2, 0.25) is 5.22 Å². The van der Waals surface area contributed by atoms with Gasteiger partial charge >= 0.3 is 5.97 Å². The minimum Gasteiger partial charge on any atom is -0.464 e. The van der Waals surface area contributed by atoms with Crippen LogP contribution in [0, 0.1) is 0 Å². The van der Waals surface area contributed by atoms with Gasteiger partial charge in [-0.2, -0.15) is 0 Å². The van der Waals surface area contributed by atoms with Crippen LogP contribution in [-0.2, 0) is 4.74 Å². The molecule has 0 saturated heterocycles. The number of nitrogens with zero attached hydrogens (tertiary/aromatic N) is 3. The van der Waals surface area contributed by atoms with E-state index in [1.807, 2.05) is 0 Å². The highest BCUT2D eigenvalue weighted by atomic mass is 35.5. The molecular formula is C12H8ClN3O3. The summed E-state index contributed by atoms with van der Waals surface area (Å²) in [5.41, 5.74) is 0.831. The lowest BCUT2D eigenvalue weighted by molar-refractivity contribution is 0.0592. The van der Waals surface area contributed by atoms with Crippen molar-refractivity contribution >= 4 is 23.2 Å². The molecule has 0 aliphatic heterocycles. The number of hydrogen-bond acceptors (Lipinski definition) is 5. The zero-order chi connectivity index (χ0) is 13.4. The molecule has 0 aliphatic rings. The van der Waals surface area contributed by atoms with Gasteiger partial charge in [0.05, 0.1) is 7.11 Å². The van der Waals surface area contributed by atoms with Crippen molar-refractivity contribution in [1.29, 1.82) is 0 Å². The van der Waals surface area contributed by atoms with Crippen LogP contribution >= 0.6 is 11.6 Å². The Bertz CT molecular complexity index is 763. The summed E-state index contributed by atoms with van der Waals surface area (Å²) in [4.78, 5) is 11.8. The van der Waals surface area contributed by atoms with Crippen molar-refractivity contribution in [2.45, 2.75) is 0 Å². The zero-order valence-corrected chi connectivity index (χ0v) is 10.6. The summed E-state index contributed by atoms with van der Waals surface area (Å²) < 4.78 is 11.6. The van der Waals surface area contributed by atoms with Crippen molar-refractivity contribution in [1.82, 2.24) is 14.6 Å². The maximum absolute atomic E-state index is 11.8. The Morgan fingerprint density at radius 3 is 2.84 bits per heavy atom. The summed E-state index contributed by atoms with van der Waals surface area (Å²) in [5, 5.41) is 8.23. The number of carbonyl (C=O) groups excluding carboxylic acids is 1. The lowest BCUT2D eigenvalue weighted by Crippen LogP contribution is -2.08. The standard InChI is InChI=1S/C12H8ClN3O3/c1-18-12(17)7-3-2-4-10-14-15-11(16(7)10)8-5-6-9(13)19-8/h2-6H,1H3. The number of methoxy groups -OCH3 is 1. The molecule has 0 aliphatic carbocycles. The van der Waals surface area contributed by atoms with Crippen molar-refractivity contribution in [3.05, 3.63) is 41.2 Å².